The van der Waals surface area contributed by atoms with Crippen LogP contribution in [-0.4, -0.2) is 57.1 Å². The van der Waals surface area contributed by atoms with Gasteiger partial charge in [0.25, 0.3) is 0 Å². The van der Waals surface area contributed by atoms with Gasteiger partial charge in [0.05, 0.1) is 5.56 Å². The average Bonchev–Trinajstić information content (AvgIpc) is 4.03. The van der Waals surface area contributed by atoms with Crippen molar-refractivity contribution in [3.8, 4) is 0 Å². The number of carboxylic acids is 2. The Balaban J connectivity index is 0.000000415. The van der Waals surface area contributed by atoms with E-state index in [1.807, 2.05) is 26.0 Å². The van der Waals surface area contributed by atoms with E-state index in [-0.39, 0.29) is 23.3 Å². The molecule has 330 valence electrons. The van der Waals surface area contributed by atoms with Crippen LogP contribution in [0.3, 0.4) is 0 Å². The fourth-order valence-electron chi connectivity index (χ4n) is 8.23. The van der Waals surface area contributed by atoms with Crippen LogP contribution in [0, 0.1) is 5.92 Å². The van der Waals surface area contributed by atoms with Crippen LogP contribution in [0.2, 0.25) is 0 Å². The summed E-state index contributed by atoms with van der Waals surface area (Å²) >= 11 is 0. The van der Waals surface area contributed by atoms with Crippen molar-refractivity contribution in [1.29, 1.82) is 0 Å². The second-order valence-corrected chi connectivity index (χ2v) is 16.1. The third kappa shape index (κ3) is 13.1. The zero-order valence-electron chi connectivity index (χ0n) is 36.2. The van der Waals surface area contributed by atoms with Gasteiger partial charge in [-0.15, -0.1) is 0 Å². The monoisotopic (exact) mass is 848 g/mol. The van der Waals surface area contributed by atoms with Crippen molar-refractivity contribution in [2.75, 3.05) is 5.32 Å². The minimum absolute atomic E-state index is 0.0475. The Kier molecular flexibility index (Phi) is 18.0. The summed E-state index contributed by atoms with van der Waals surface area (Å²) in [6.07, 6.45) is 15.9. The van der Waals surface area contributed by atoms with Crippen LogP contribution in [0.15, 0.2) is 121 Å². The number of hydrogen-bond acceptors (Lipinski definition) is 8. The van der Waals surface area contributed by atoms with E-state index in [2.05, 4.69) is 17.2 Å². The second-order valence-electron chi connectivity index (χ2n) is 16.1. The number of carbonyl (C=O) groups is 6. The zero-order chi connectivity index (χ0) is 45.3. The number of rotatable bonds is 12. The summed E-state index contributed by atoms with van der Waals surface area (Å²) in [5.41, 5.74) is -1.28. The quantitative estimate of drug-likeness (QED) is 0.101. The highest BCUT2D eigenvalue weighted by Crippen LogP contribution is 2.55. The molecule has 12 nitrogen and oxygen atoms in total. The van der Waals surface area contributed by atoms with Crippen LogP contribution in [0.4, 0.5) is 5.69 Å². The predicted octanol–water partition coefficient (Wildman–Crippen LogP) is 9.65. The lowest BCUT2D eigenvalue weighted by molar-refractivity contribution is -0.199. The van der Waals surface area contributed by atoms with Crippen LogP contribution < -0.4 is 10.6 Å². The molecule has 0 spiro atoms. The molecule has 3 aliphatic carbocycles. The number of anilines is 1. The normalized spacial score (nSPS) is 22.2. The standard InChI is InChI=1S/C35H35NO9.C10H15NO.C5H10/c1-22(37)44-34(32(40)41)20-29(24-12-6-3-7-13-24)35(33(42)43,21-28(34)23-10-4-2-5-11-23)45-31(39)26-16-18-27(19-17-26)36-30(38)25-14-8-9-15-25;1-5-8(2)6-7-9(3)11-10(4)12;1-2-4-5-3-1/h2-7,10-13,16-19,25,28-29H,8-9,14-15,20-21H2,1H3,(H,36,38)(H,40,41)(H,42,43);5-7H,3H2,1-2,4H3,(H,11,12);1-5H2/b;7-6-,8-5-;. The maximum atomic E-state index is 13.7. The van der Waals surface area contributed by atoms with Gasteiger partial charge >= 0.3 is 23.9 Å². The molecule has 3 aromatic rings. The Bertz CT molecular complexity index is 2080. The van der Waals surface area contributed by atoms with Gasteiger partial charge in [-0.1, -0.05) is 130 Å². The molecule has 0 heterocycles. The maximum absolute atomic E-state index is 13.7. The first-order valence-electron chi connectivity index (χ1n) is 21.3. The van der Waals surface area contributed by atoms with Crippen molar-refractivity contribution in [1.82, 2.24) is 5.32 Å². The molecule has 3 aliphatic rings. The largest absolute Gasteiger partial charge is 0.478 e. The molecule has 4 N–H and O–H groups in total. The highest BCUT2D eigenvalue weighted by Gasteiger charge is 2.66. The molecule has 0 radical (unpaired) electrons. The minimum Gasteiger partial charge on any atom is -0.478 e. The van der Waals surface area contributed by atoms with Crippen molar-refractivity contribution in [3.63, 3.8) is 0 Å². The fourth-order valence-corrected chi connectivity index (χ4v) is 8.23. The van der Waals surface area contributed by atoms with E-state index in [0.717, 1.165) is 38.2 Å². The predicted molar refractivity (Wildman–Crippen MR) is 237 cm³/mol. The molecule has 62 heavy (non-hydrogen) atoms. The molecule has 0 bridgehead atoms. The van der Waals surface area contributed by atoms with Crippen molar-refractivity contribution in [3.05, 3.63) is 138 Å². The number of benzene rings is 3. The van der Waals surface area contributed by atoms with Gasteiger partial charge < -0.3 is 30.3 Å². The number of nitrogens with one attached hydrogen (secondary N) is 2. The van der Waals surface area contributed by atoms with Crippen LogP contribution >= 0.6 is 0 Å². The van der Waals surface area contributed by atoms with Crippen molar-refractivity contribution in [2.45, 2.75) is 121 Å². The van der Waals surface area contributed by atoms with Crippen molar-refractivity contribution in [2.24, 2.45) is 5.92 Å². The molecule has 12 heteroatoms. The van der Waals surface area contributed by atoms with Gasteiger partial charge in [-0.3, -0.25) is 14.4 Å². The van der Waals surface area contributed by atoms with Gasteiger partial charge in [0.2, 0.25) is 23.0 Å². The number of aliphatic carboxylic acids is 2. The van der Waals surface area contributed by atoms with Crippen LogP contribution in [0.1, 0.15) is 132 Å². The number of allylic oxidation sites excluding steroid dienone is 4. The number of ether oxygens (including phenoxy) is 2. The molecular formula is C50H60N2O10. The number of amides is 2. The molecule has 0 aliphatic heterocycles. The fraction of sp³-hybridized carbons (Fsp3) is 0.400. The summed E-state index contributed by atoms with van der Waals surface area (Å²) in [5.74, 6) is -7.29. The molecule has 0 aromatic heterocycles. The Morgan fingerprint density at radius 1 is 0.661 bits per heavy atom. The van der Waals surface area contributed by atoms with Gasteiger partial charge in [0.1, 0.15) is 0 Å². The lowest BCUT2D eigenvalue weighted by Gasteiger charge is -2.50. The number of carbonyl (C=O) groups excluding carboxylic acids is 4. The van der Waals surface area contributed by atoms with E-state index in [9.17, 15) is 39.0 Å². The minimum atomic E-state index is -2.24. The van der Waals surface area contributed by atoms with E-state index in [0.29, 0.717) is 22.5 Å². The smallest absolute Gasteiger partial charge is 0.348 e. The van der Waals surface area contributed by atoms with Crippen LogP contribution in [0.25, 0.3) is 0 Å². The highest BCUT2D eigenvalue weighted by molar-refractivity contribution is 5.96. The first kappa shape index (κ1) is 48.4. The molecule has 6 rings (SSSR count). The van der Waals surface area contributed by atoms with E-state index < -0.39 is 59.8 Å². The lowest BCUT2D eigenvalue weighted by Crippen LogP contribution is -2.62. The zero-order valence-corrected chi connectivity index (χ0v) is 36.2. The highest BCUT2D eigenvalue weighted by atomic mass is 16.6. The maximum Gasteiger partial charge on any atom is 0.348 e. The molecule has 2 amide bonds. The van der Waals surface area contributed by atoms with Crippen LogP contribution in [-0.2, 0) is 33.4 Å². The van der Waals surface area contributed by atoms with Gasteiger partial charge in [-0.25, -0.2) is 14.4 Å². The van der Waals surface area contributed by atoms with Gasteiger partial charge in [-0.05, 0) is 68.2 Å². The average molecular weight is 849 g/mol. The Morgan fingerprint density at radius 2 is 1.13 bits per heavy atom. The molecule has 3 saturated carbocycles. The van der Waals surface area contributed by atoms with Crippen molar-refractivity contribution < 1.29 is 48.5 Å². The Morgan fingerprint density at radius 3 is 1.55 bits per heavy atom. The summed E-state index contributed by atoms with van der Waals surface area (Å²) in [6, 6.07) is 22.6. The third-order valence-corrected chi connectivity index (χ3v) is 11.6. The lowest BCUT2D eigenvalue weighted by atomic mass is 9.59. The van der Waals surface area contributed by atoms with E-state index in [1.165, 1.54) is 51.2 Å². The summed E-state index contributed by atoms with van der Waals surface area (Å²) in [4.78, 5) is 75.5. The van der Waals surface area contributed by atoms with Gasteiger partial charge in [-0.2, -0.15) is 0 Å². The summed E-state index contributed by atoms with van der Waals surface area (Å²) in [5, 5.41) is 26.9. The molecule has 3 fully saturated rings. The molecule has 3 aromatic carbocycles. The third-order valence-electron chi connectivity index (χ3n) is 11.6. The molecular weight excluding hydrogens is 789 g/mol. The van der Waals surface area contributed by atoms with Gasteiger partial charge in [0, 0.05) is 55.8 Å². The van der Waals surface area contributed by atoms with E-state index in [1.54, 1.807) is 78.9 Å². The second kappa shape index (κ2) is 23.1. The SMILES string of the molecule is C1CCCC1.C=C(/C=C\C(C)=C/C)NC(C)=O.CC(=O)OC1(C(=O)O)CC(c2ccccc2)C(OC(=O)c2ccc(NC(=O)C3CCCC3)cc2)(C(=O)O)CC1c1ccccc1. The first-order valence-corrected chi connectivity index (χ1v) is 21.3. The summed E-state index contributed by atoms with van der Waals surface area (Å²) in [6.45, 7) is 10.2. The number of carboxylic acid groups (broad SMARTS) is 2. The number of esters is 2. The number of hydrogen-bond donors (Lipinski definition) is 4. The topological polar surface area (TPSA) is 185 Å². The van der Waals surface area contributed by atoms with E-state index >= 15 is 0 Å². The van der Waals surface area contributed by atoms with Crippen molar-refractivity contribution >= 4 is 41.4 Å². The molecule has 4 unspecified atom stereocenters. The Labute approximate surface area is 364 Å². The first-order chi connectivity index (χ1) is 29.6. The summed E-state index contributed by atoms with van der Waals surface area (Å²) < 4.78 is 11.6. The molecule has 4 atom stereocenters. The molecule has 0 saturated heterocycles. The van der Waals surface area contributed by atoms with Gasteiger partial charge in [0.15, 0.2) is 0 Å². The summed E-state index contributed by atoms with van der Waals surface area (Å²) in [7, 11) is 0. The van der Waals surface area contributed by atoms with Crippen LogP contribution in [0.5, 0.6) is 0 Å². The Hall–Kier alpha value is -6.30. The van der Waals surface area contributed by atoms with E-state index in [4.69, 9.17) is 9.47 Å².